The number of carbonyl (C=O) groups is 2. The van der Waals surface area contributed by atoms with Crippen LogP contribution in [0.3, 0.4) is 0 Å². The van der Waals surface area contributed by atoms with Gasteiger partial charge in [-0.25, -0.2) is 4.79 Å². The number of hydrogen-bond donors (Lipinski definition) is 1. The molecule has 0 aliphatic carbocycles. The molecule has 0 bridgehead atoms. The monoisotopic (exact) mass is 307 g/mol. The molecule has 0 atom stereocenters. The van der Waals surface area contributed by atoms with Crippen molar-refractivity contribution in [2.45, 2.75) is 13.3 Å². The molecule has 0 saturated heterocycles. The molecule has 0 radical (unpaired) electrons. The molecular formula is C15H14ClNO4. The highest BCUT2D eigenvalue weighted by atomic mass is 35.5. The average molecular weight is 308 g/mol. The summed E-state index contributed by atoms with van der Waals surface area (Å²) in [6, 6.07) is 7.90. The van der Waals surface area contributed by atoms with Gasteiger partial charge in [0.05, 0.1) is 24.0 Å². The molecule has 21 heavy (non-hydrogen) atoms. The fourth-order valence-electron chi connectivity index (χ4n) is 1.62. The van der Waals surface area contributed by atoms with Gasteiger partial charge in [0, 0.05) is 5.69 Å². The molecule has 1 aromatic heterocycles. The van der Waals surface area contributed by atoms with Gasteiger partial charge < -0.3 is 14.5 Å². The van der Waals surface area contributed by atoms with Crippen molar-refractivity contribution >= 4 is 29.2 Å². The Morgan fingerprint density at radius 2 is 1.95 bits per heavy atom. The Labute approximate surface area is 126 Å². The highest BCUT2D eigenvalue weighted by Gasteiger charge is 2.13. The van der Waals surface area contributed by atoms with Crippen LogP contribution in [0.2, 0.25) is 5.22 Å². The van der Waals surface area contributed by atoms with Gasteiger partial charge >= 0.3 is 5.97 Å². The summed E-state index contributed by atoms with van der Waals surface area (Å²) in [6.07, 6.45) is 2.11. The Morgan fingerprint density at radius 3 is 2.52 bits per heavy atom. The number of carbonyl (C=O) groups excluding carboxylic acids is 2. The maximum Gasteiger partial charge on any atom is 0.338 e. The van der Waals surface area contributed by atoms with Crippen LogP contribution >= 0.6 is 11.6 Å². The highest BCUT2D eigenvalue weighted by Crippen LogP contribution is 2.19. The van der Waals surface area contributed by atoms with E-state index in [9.17, 15) is 9.59 Å². The number of esters is 1. The second-order valence-electron chi connectivity index (χ2n) is 4.28. The lowest BCUT2D eigenvalue weighted by molar-refractivity contribution is 0.0505. The summed E-state index contributed by atoms with van der Waals surface area (Å²) in [6.45, 7) is 2.31. The third-order valence-corrected chi connectivity index (χ3v) is 2.97. The maximum absolute atomic E-state index is 11.9. The topological polar surface area (TPSA) is 68.5 Å². The lowest BCUT2D eigenvalue weighted by atomic mass is 10.2. The van der Waals surface area contributed by atoms with Crippen LogP contribution in [0.15, 0.2) is 41.0 Å². The van der Waals surface area contributed by atoms with Gasteiger partial charge in [-0.3, -0.25) is 4.79 Å². The lowest BCUT2D eigenvalue weighted by Crippen LogP contribution is -2.12. The van der Waals surface area contributed by atoms with Crippen LogP contribution in [-0.4, -0.2) is 18.5 Å². The number of amides is 1. The third-order valence-electron chi connectivity index (χ3n) is 2.68. The minimum Gasteiger partial charge on any atom is -0.462 e. The normalized spacial score (nSPS) is 10.2. The van der Waals surface area contributed by atoms with Crippen LogP contribution in [0.1, 0.15) is 34.1 Å². The van der Waals surface area contributed by atoms with Gasteiger partial charge in [0.1, 0.15) is 0 Å². The van der Waals surface area contributed by atoms with Crippen LogP contribution in [0.4, 0.5) is 5.69 Å². The molecule has 6 heteroatoms. The van der Waals surface area contributed by atoms with Gasteiger partial charge in [-0.2, -0.15) is 0 Å². The van der Waals surface area contributed by atoms with Crippen molar-refractivity contribution in [3.05, 3.63) is 52.9 Å². The number of nitrogens with one attached hydrogen (secondary N) is 1. The van der Waals surface area contributed by atoms with Gasteiger partial charge in [0.25, 0.3) is 5.91 Å². The predicted molar refractivity (Wildman–Crippen MR) is 78.7 cm³/mol. The van der Waals surface area contributed by atoms with Crippen LogP contribution in [0.25, 0.3) is 0 Å². The first-order valence-electron chi connectivity index (χ1n) is 6.43. The van der Waals surface area contributed by atoms with Crippen molar-refractivity contribution in [2.75, 3.05) is 11.9 Å². The maximum atomic E-state index is 11.9. The Hall–Kier alpha value is -2.27. The van der Waals surface area contributed by atoms with Gasteiger partial charge in [-0.05, 0) is 48.4 Å². The third kappa shape index (κ3) is 3.86. The van der Waals surface area contributed by atoms with Crippen molar-refractivity contribution in [1.29, 1.82) is 0 Å². The molecule has 0 saturated carbocycles. The van der Waals surface area contributed by atoms with E-state index >= 15 is 0 Å². The number of anilines is 1. The van der Waals surface area contributed by atoms with Crippen LogP contribution < -0.4 is 5.32 Å². The Balaban J connectivity index is 2.01. The van der Waals surface area contributed by atoms with E-state index in [-0.39, 0.29) is 22.7 Å². The van der Waals surface area contributed by atoms with E-state index in [4.69, 9.17) is 20.8 Å². The zero-order valence-corrected chi connectivity index (χ0v) is 12.1. The molecule has 1 amide bonds. The molecular weight excluding hydrogens is 294 g/mol. The quantitative estimate of drug-likeness (QED) is 0.854. The van der Waals surface area contributed by atoms with Crippen molar-refractivity contribution in [1.82, 2.24) is 0 Å². The van der Waals surface area contributed by atoms with Crippen molar-refractivity contribution in [3.8, 4) is 0 Å². The average Bonchev–Trinajstić information content (AvgIpc) is 2.91. The van der Waals surface area contributed by atoms with Crippen molar-refractivity contribution in [3.63, 3.8) is 0 Å². The number of ether oxygens (including phenoxy) is 1. The van der Waals surface area contributed by atoms with E-state index < -0.39 is 0 Å². The molecule has 0 spiro atoms. The fourth-order valence-corrected chi connectivity index (χ4v) is 1.82. The molecule has 2 aromatic rings. The van der Waals surface area contributed by atoms with Gasteiger partial charge in [0.15, 0.2) is 0 Å². The number of benzene rings is 1. The first kappa shape index (κ1) is 15.1. The van der Waals surface area contributed by atoms with Crippen LogP contribution in [-0.2, 0) is 4.74 Å². The molecule has 0 aliphatic heterocycles. The molecule has 1 heterocycles. The largest absolute Gasteiger partial charge is 0.462 e. The molecule has 1 N–H and O–H groups in total. The summed E-state index contributed by atoms with van der Waals surface area (Å²) in [5.74, 6) is -0.761. The van der Waals surface area contributed by atoms with Crippen molar-refractivity contribution in [2.24, 2.45) is 0 Å². The number of hydrogen-bond acceptors (Lipinski definition) is 4. The zero-order chi connectivity index (χ0) is 15.2. The smallest absolute Gasteiger partial charge is 0.338 e. The van der Waals surface area contributed by atoms with E-state index in [1.54, 1.807) is 24.3 Å². The minimum absolute atomic E-state index is 0.0345. The molecule has 1 aromatic carbocycles. The van der Waals surface area contributed by atoms with Gasteiger partial charge in [-0.1, -0.05) is 6.92 Å². The number of furan rings is 1. The molecule has 0 aliphatic rings. The Bertz CT molecular complexity index is 633. The van der Waals surface area contributed by atoms with E-state index in [1.807, 2.05) is 6.92 Å². The minimum atomic E-state index is -0.382. The summed E-state index contributed by atoms with van der Waals surface area (Å²) in [5.41, 5.74) is 1.23. The standard InChI is InChI=1S/C15H14ClNO4/c1-2-8-21-15(19)10-3-5-11(6-4-10)17-14(18)12-7-9-20-13(12)16/h3-7,9H,2,8H2,1H3,(H,17,18). The Kier molecular flexibility index (Phi) is 5.00. The molecule has 2 rings (SSSR count). The van der Waals surface area contributed by atoms with E-state index in [1.165, 1.54) is 12.3 Å². The number of halogens is 1. The van der Waals surface area contributed by atoms with E-state index in [2.05, 4.69) is 5.32 Å². The first-order chi connectivity index (χ1) is 10.1. The van der Waals surface area contributed by atoms with Gasteiger partial charge in [-0.15, -0.1) is 0 Å². The van der Waals surface area contributed by atoms with Crippen molar-refractivity contribution < 1.29 is 18.7 Å². The fraction of sp³-hybridized carbons (Fsp3) is 0.200. The highest BCUT2D eigenvalue weighted by molar-refractivity contribution is 6.32. The first-order valence-corrected chi connectivity index (χ1v) is 6.81. The summed E-state index contributed by atoms with van der Waals surface area (Å²) in [4.78, 5) is 23.5. The molecule has 5 nitrogen and oxygen atoms in total. The molecule has 0 fully saturated rings. The molecule has 110 valence electrons. The predicted octanol–water partition coefficient (Wildman–Crippen LogP) is 3.75. The second kappa shape index (κ2) is 6.95. The summed E-state index contributed by atoms with van der Waals surface area (Å²) in [5, 5.41) is 2.69. The SMILES string of the molecule is CCCOC(=O)c1ccc(NC(=O)c2ccoc2Cl)cc1. The lowest BCUT2D eigenvalue weighted by Gasteiger charge is -2.06. The zero-order valence-electron chi connectivity index (χ0n) is 11.4. The summed E-state index contributed by atoms with van der Waals surface area (Å²) < 4.78 is 9.87. The molecule has 0 unspecified atom stereocenters. The second-order valence-corrected chi connectivity index (χ2v) is 4.62. The van der Waals surface area contributed by atoms with Gasteiger partial charge in [0.2, 0.25) is 5.22 Å². The summed E-state index contributed by atoms with van der Waals surface area (Å²) in [7, 11) is 0. The Morgan fingerprint density at radius 1 is 1.24 bits per heavy atom. The van der Waals surface area contributed by atoms with Crippen LogP contribution in [0, 0.1) is 0 Å². The van der Waals surface area contributed by atoms with E-state index in [0.29, 0.717) is 17.9 Å². The van der Waals surface area contributed by atoms with E-state index in [0.717, 1.165) is 6.42 Å². The number of rotatable bonds is 5. The summed E-state index contributed by atoms with van der Waals surface area (Å²) >= 11 is 5.73. The van der Waals surface area contributed by atoms with Crippen LogP contribution in [0.5, 0.6) is 0 Å².